The minimum absolute atomic E-state index is 0.0449. The summed E-state index contributed by atoms with van der Waals surface area (Å²) in [5.41, 5.74) is 1.15. The van der Waals surface area contributed by atoms with E-state index in [1.165, 1.54) is 22.2 Å². The molecule has 32 heavy (non-hydrogen) atoms. The van der Waals surface area contributed by atoms with Crippen molar-refractivity contribution in [1.82, 2.24) is 25.1 Å². The number of H-pyrrole nitrogens is 2. The Hall–Kier alpha value is -2.36. The van der Waals surface area contributed by atoms with Crippen molar-refractivity contribution in [1.29, 1.82) is 0 Å². The number of aryl methyl sites for hydroxylation is 1. The molecule has 5 rings (SSSR count). The maximum Gasteiger partial charge on any atom is 0.259 e. The van der Waals surface area contributed by atoms with Crippen molar-refractivity contribution in [2.24, 2.45) is 5.92 Å². The maximum atomic E-state index is 12.9. The van der Waals surface area contributed by atoms with E-state index in [1.54, 1.807) is 35.6 Å². The third-order valence-corrected chi connectivity index (χ3v) is 7.92. The van der Waals surface area contributed by atoms with Gasteiger partial charge in [0.2, 0.25) is 5.16 Å². The zero-order valence-corrected chi connectivity index (χ0v) is 20.0. The lowest BCUT2D eigenvalue weighted by molar-refractivity contribution is 0.296. The fourth-order valence-corrected chi connectivity index (χ4v) is 6.17. The molecule has 1 aromatic carbocycles. The summed E-state index contributed by atoms with van der Waals surface area (Å²) in [6.45, 7) is 4.52. The summed E-state index contributed by atoms with van der Waals surface area (Å²) in [7, 11) is 0. The molecular weight excluding hydrogens is 466 g/mol. The van der Waals surface area contributed by atoms with Crippen LogP contribution in [0.25, 0.3) is 10.2 Å². The second kappa shape index (κ2) is 8.88. The van der Waals surface area contributed by atoms with E-state index in [1.807, 2.05) is 6.92 Å². The van der Waals surface area contributed by atoms with Crippen LogP contribution < -0.4 is 10.3 Å². The molecule has 1 aliphatic rings. The Morgan fingerprint density at radius 2 is 2.12 bits per heavy atom. The van der Waals surface area contributed by atoms with E-state index < -0.39 is 0 Å². The third-order valence-electron chi connectivity index (χ3n) is 5.55. The van der Waals surface area contributed by atoms with E-state index in [4.69, 9.17) is 21.3 Å². The van der Waals surface area contributed by atoms with Gasteiger partial charge in [0.25, 0.3) is 5.56 Å². The second-order valence-corrected chi connectivity index (χ2v) is 10.9. The van der Waals surface area contributed by atoms with E-state index in [9.17, 15) is 4.79 Å². The number of ether oxygens (including phenoxy) is 1. The van der Waals surface area contributed by atoms with Gasteiger partial charge in [-0.15, -0.1) is 16.4 Å². The Morgan fingerprint density at radius 3 is 2.94 bits per heavy atom. The van der Waals surface area contributed by atoms with Gasteiger partial charge in [0.15, 0.2) is 5.82 Å². The first kappa shape index (κ1) is 21.5. The van der Waals surface area contributed by atoms with Crippen molar-refractivity contribution in [3.63, 3.8) is 0 Å². The van der Waals surface area contributed by atoms with Crippen molar-refractivity contribution in [2.45, 2.75) is 50.1 Å². The number of aromatic amines is 2. The molecule has 0 bridgehead atoms. The summed E-state index contributed by atoms with van der Waals surface area (Å²) in [6.07, 6.45) is 3.12. The van der Waals surface area contributed by atoms with Gasteiger partial charge in [0.1, 0.15) is 23.0 Å². The van der Waals surface area contributed by atoms with Crippen LogP contribution in [0.4, 0.5) is 0 Å². The summed E-state index contributed by atoms with van der Waals surface area (Å²) in [5.74, 6) is 2.62. The lowest BCUT2D eigenvalue weighted by Crippen LogP contribution is -2.15. The van der Waals surface area contributed by atoms with E-state index in [0.717, 1.165) is 29.5 Å². The number of thiophene rings is 1. The minimum atomic E-state index is -0.106. The number of nitrogens with zero attached hydrogens (tertiary/aromatic N) is 3. The molecule has 1 aliphatic carbocycles. The van der Waals surface area contributed by atoms with Gasteiger partial charge in [-0.1, -0.05) is 30.3 Å². The Kier molecular flexibility index (Phi) is 5.96. The summed E-state index contributed by atoms with van der Waals surface area (Å²) in [6, 6.07) is 7.15. The molecule has 3 aromatic heterocycles. The summed E-state index contributed by atoms with van der Waals surface area (Å²) in [4.78, 5) is 27.3. The molecule has 166 valence electrons. The highest BCUT2D eigenvalue weighted by Gasteiger charge is 2.24. The first-order chi connectivity index (χ1) is 15.5. The molecule has 10 heteroatoms. The topological polar surface area (TPSA) is 96.5 Å². The van der Waals surface area contributed by atoms with E-state index in [0.29, 0.717) is 33.5 Å². The largest absolute Gasteiger partial charge is 0.486 e. The van der Waals surface area contributed by atoms with Gasteiger partial charge < -0.3 is 9.72 Å². The fourth-order valence-electron chi connectivity index (χ4n) is 3.85. The molecule has 0 amide bonds. The molecule has 4 aromatic rings. The standard InChI is InChI=1S/C22H22ClN5O2S2/c1-11-3-8-15-16(9-11)32-21-18(15)20(29)25-19(26-21)12(2)31-22-24-17(27-28-22)10-30-14-6-4-13(23)5-7-14/h4-7,11-12H,3,8-10H2,1-2H3,(H,24,27,28)(H,25,26,29). The normalized spacial score (nSPS) is 16.8. The van der Waals surface area contributed by atoms with Crippen LogP contribution in [0.15, 0.2) is 34.2 Å². The quantitative estimate of drug-likeness (QED) is 0.357. The van der Waals surface area contributed by atoms with Gasteiger partial charge in [0, 0.05) is 9.90 Å². The number of hydrogen-bond acceptors (Lipinski definition) is 7. The van der Waals surface area contributed by atoms with Crippen LogP contribution in [0.1, 0.15) is 47.6 Å². The van der Waals surface area contributed by atoms with Crippen molar-refractivity contribution < 1.29 is 4.74 Å². The molecule has 0 fully saturated rings. The molecule has 0 aliphatic heterocycles. The molecule has 0 saturated carbocycles. The van der Waals surface area contributed by atoms with Crippen LogP contribution in [-0.4, -0.2) is 25.1 Å². The minimum Gasteiger partial charge on any atom is -0.486 e. The van der Waals surface area contributed by atoms with Crippen LogP contribution in [0.3, 0.4) is 0 Å². The van der Waals surface area contributed by atoms with Gasteiger partial charge in [-0.25, -0.2) is 9.97 Å². The third kappa shape index (κ3) is 4.42. The van der Waals surface area contributed by atoms with Gasteiger partial charge in [-0.3, -0.25) is 9.89 Å². The first-order valence-electron chi connectivity index (χ1n) is 10.5. The number of fused-ring (bicyclic) bond motifs is 3. The molecule has 2 atom stereocenters. The van der Waals surface area contributed by atoms with Gasteiger partial charge in [0.05, 0.1) is 10.6 Å². The zero-order valence-electron chi connectivity index (χ0n) is 17.6. The van der Waals surface area contributed by atoms with Crippen LogP contribution in [0.5, 0.6) is 5.75 Å². The number of halogens is 1. The Labute approximate surface area is 198 Å². The van der Waals surface area contributed by atoms with E-state index >= 15 is 0 Å². The van der Waals surface area contributed by atoms with Crippen molar-refractivity contribution in [3.05, 3.63) is 61.7 Å². The van der Waals surface area contributed by atoms with E-state index in [2.05, 4.69) is 27.1 Å². The van der Waals surface area contributed by atoms with Crippen molar-refractivity contribution in [3.8, 4) is 5.75 Å². The SMILES string of the molecule is CC1CCc2c(sc3nc(C(C)Sc4n[nH]c(COc5ccc(Cl)cc5)n4)[nH]c(=O)c23)C1. The van der Waals surface area contributed by atoms with Crippen LogP contribution >= 0.6 is 34.7 Å². The smallest absolute Gasteiger partial charge is 0.259 e. The molecular formula is C22H22ClN5O2S2. The highest BCUT2D eigenvalue weighted by Crippen LogP contribution is 2.37. The lowest BCUT2D eigenvalue weighted by Gasteiger charge is -2.17. The number of nitrogens with one attached hydrogen (secondary N) is 2. The number of benzene rings is 1. The lowest BCUT2D eigenvalue weighted by atomic mass is 9.89. The molecule has 3 heterocycles. The Balaban J connectivity index is 1.29. The Bertz CT molecular complexity index is 1310. The van der Waals surface area contributed by atoms with Crippen molar-refractivity contribution >= 4 is 44.9 Å². The first-order valence-corrected chi connectivity index (χ1v) is 12.5. The zero-order chi connectivity index (χ0) is 22.2. The molecule has 7 nitrogen and oxygen atoms in total. The van der Waals surface area contributed by atoms with Crippen LogP contribution in [-0.2, 0) is 19.4 Å². The molecule has 0 radical (unpaired) electrons. The molecule has 0 saturated heterocycles. The summed E-state index contributed by atoms with van der Waals surface area (Å²) in [5, 5.41) is 9.07. The summed E-state index contributed by atoms with van der Waals surface area (Å²) >= 11 is 8.99. The average molecular weight is 488 g/mol. The van der Waals surface area contributed by atoms with Gasteiger partial charge in [-0.05, 0) is 61.9 Å². The second-order valence-electron chi connectivity index (χ2n) is 8.05. The Morgan fingerprint density at radius 1 is 1.31 bits per heavy atom. The predicted octanol–water partition coefficient (Wildman–Crippen LogP) is 5.31. The predicted molar refractivity (Wildman–Crippen MR) is 128 cm³/mol. The monoisotopic (exact) mass is 487 g/mol. The highest BCUT2D eigenvalue weighted by atomic mass is 35.5. The molecule has 2 N–H and O–H groups in total. The van der Waals surface area contributed by atoms with Crippen molar-refractivity contribution in [2.75, 3.05) is 0 Å². The van der Waals surface area contributed by atoms with E-state index in [-0.39, 0.29) is 17.4 Å². The van der Waals surface area contributed by atoms with Crippen LogP contribution in [0.2, 0.25) is 5.02 Å². The average Bonchev–Trinajstić information content (AvgIpc) is 3.36. The molecule has 2 unspecified atom stereocenters. The number of rotatable bonds is 6. The number of aromatic nitrogens is 5. The number of hydrogen-bond donors (Lipinski definition) is 2. The van der Waals surface area contributed by atoms with Gasteiger partial charge >= 0.3 is 0 Å². The maximum absolute atomic E-state index is 12.9. The van der Waals surface area contributed by atoms with Gasteiger partial charge in [-0.2, -0.15) is 0 Å². The fraction of sp³-hybridized carbons (Fsp3) is 0.364. The molecule has 0 spiro atoms. The van der Waals surface area contributed by atoms with Crippen LogP contribution in [0, 0.1) is 5.92 Å². The summed E-state index contributed by atoms with van der Waals surface area (Å²) < 4.78 is 5.70. The number of thioether (sulfide) groups is 1. The highest BCUT2D eigenvalue weighted by molar-refractivity contribution is 7.99.